The molecule has 6 nitrogen and oxygen atoms in total. The van der Waals surface area contributed by atoms with Gasteiger partial charge < -0.3 is 20.7 Å². The molecule has 4 N–H and O–H groups in total. The zero-order valence-electron chi connectivity index (χ0n) is 13.4. The third-order valence-electron chi connectivity index (χ3n) is 3.65. The van der Waals surface area contributed by atoms with E-state index < -0.39 is 6.10 Å². The van der Waals surface area contributed by atoms with Crippen molar-refractivity contribution in [3.63, 3.8) is 0 Å². The molecule has 0 saturated carbocycles. The second kappa shape index (κ2) is 7.14. The van der Waals surface area contributed by atoms with E-state index in [1.165, 1.54) is 0 Å². The highest BCUT2D eigenvalue weighted by Crippen LogP contribution is 2.18. The smallest absolute Gasteiger partial charge is 0.228 e. The van der Waals surface area contributed by atoms with E-state index in [1.54, 1.807) is 25.3 Å². The number of aromatic amines is 1. The summed E-state index contributed by atoms with van der Waals surface area (Å²) >= 11 is 0. The van der Waals surface area contributed by atoms with Gasteiger partial charge in [-0.05, 0) is 30.7 Å². The largest absolute Gasteiger partial charge is 0.392 e. The van der Waals surface area contributed by atoms with Crippen molar-refractivity contribution in [2.75, 3.05) is 17.2 Å². The predicted octanol–water partition coefficient (Wildman–Crippen LogP) is 2.54. The lowest BCUT2D eigenvalue weighted by Crippen LogP contribution is -2.16. The van der Waals surface area contributed by atoms with Crippen LogP contribution in [-0.4, -0.2) is 33.6 Å². The topological polar surface area (TPSA) is 90.0 Å². The molecule has 124 valence electrons. The minimum Gasteiger partial charge on any atom is -0.392 e. The Morgan fingerprint density at radius 2 is 2.12 bits per heavy atom. The molecule has 0 aliphatic carbocycles. The fourth-order valence-corrected chi connectivity index (χ4v) is 2.48. The Labute approximate surface area is 139 Å². The first kappa shape index (κ1) is 16.0. The Balaban J connectivity index is 1.60. The summed E-state index contributed by atoms with van der Waals surface area (Å²) in [5.74, 6) is 0.566. The molecule has 6 heteroatoms. The summed E-state index contributed by atoms with van der Waals surface area (Å²) in [5, 5.41) is 16.1. The van der Waals surface area contributed by atoms with Gasteiger partial charge in [-0.1, -0.05) is 18.2 Å². The van der Waals surface area contributed by atoms with E-state index in [-0.39, 0.29) is 5.91 Å². The number of hydrogen-bond acceptors (Lipinski definition) is 4. The molecular weight excluding hydrogens is 304 g/mol. The first-order valence-corrected chi connectivity index (χ1v) is 7.84. The summed E-state index contributed by atoms with van der Waals surface area (Å²) in [6.45, 7) is 2.13. The lowest BCUT2D eigenvalue weighted by atomic mass is 10.1. The van der Waals surface area contributed by atoms with Crippen molar-refractivity contribution in [2.24, 2.45) is 0 Å². The van der Waals surface area contributed by atoms with Crippen LogP contribution in [0.4, 0.5) is 11.5 Å². The van der Waals surface area contributed by atoms with Crippen molar-refractivity contribution in [1.29, 1.82) is 0 Å². The number of nitrogens with zero attached hydrogens (tertiary/aromatic N) is 1. The number of benzene rings is 1. The highest BCUT2D eigenvalue weighted by atomic mass is 16.3. The quantitative estimate of drug-likeness (QED) is 0.561. The second-order valence-corrected chi connectivity index (χ2v) is 5.75. The number of pyridine rings is 1. The van der Waals surface area contributed by atoms with Crippen molar-refractivity contribution >= 4 is 28.3 Å². The molecule has 0 fully saturated rings. The molecular formula is C18H20N4O2. The van der Waals surface area contributed by atoms with Gasteiger partial charge in [-0.3, -0.25) is 4.79 Å². The summed E-state index contributed by atoms with van der Waals surface area (Å²) < 4.78 is 0. The van der Waals surface area contributed by atoms with Crippen LogP contribution in [0.5, 0.6) is 0 Å². The van der Waals surface area contributed by atoms with Gasteiger partial charge in [-0.2, -0.15) is 0 Å². The van der Waals surface area contributed by atoms with Gasteiger partial charge in [0.1, 0.15) is 5.82 Å². The van der Waals surface area contributed by atoms with Crippen molar-refractivity contribution in [3.8, 4) is 0 Å². The van der Waals surface area contributed by atoms with Crippen LogP contribution in [0, 0.1) is 0 Å². The highest BCUT2D eigenvalue weighted by Gasteiger charge is 2.09. The molecule has 2 heterocycles. The minimum absolute atomic E-state index is 0.0914. The Hall–Kier alpha value is -2.86. The lowest BCUT2D eigenvalue weighted by Gasteiger charge is -2.09. The summed E-state index contributed by atoms with van der Waals surface area (Å²) in [7, 11) is 0. The van der Waals surface area contributed by atoms with Gasteiger partial charge >= 0.3 is 0 Å². The SMILES string of the molecule is CC(O)CNc1ccc(NC(=O)Cc2c[nH]c3ccccc23)cn1. The number of aliphatic hydroxyl groups excluding tert-OH is 1. The minimum atomic E-state index is -0.442. The lowest BCUT2D eigenvalue weighted by molar-refractivity contribution is -0.115. The molecule has 0 aliphatic rings. The van der Waals surface area contributed by atoms with Crippen LogP contribution < -0.4 is 10.6 Å². The monoisotopic (exact) mass is 324 g/mol. The number of fused-ring (bicyclic) bond motifs is 1. The maximum atomic E-state index is 12.2. The number of rotatable bonds is 6. The molecule has 0 saturated heterocycles. The fraction of sp³-hybridized carbons (Fsp3) is 0.222. The summed E-state index contributed by atoms with van der Waals surface area (Å²) in [4.78, 5) is 19.6. The van der Waals surface area contributed by atoms with Crippen LogP contribution in [0.15, 0.2) is 48.8 Å². The zero-order valence-corrected chi connectivity index (χ0v) is 13.4. The molecule has 0 bridgehead atoms. The molecule has 3 rings (SSSR count). The maximum absolute atomic E-state index is 12.2. The van der Waals surface area contributed by atoms with Gasteiger partial charge in [-0.15, -0.1) is 0 Å². The van der Waals surface area contributed by atoms with Crippen LogP contribution in [0.1, 0.15) is 12.5 Å². The number of carbonyl (C=O) groups is 1. The molecule has 3 aromatic rings. The van der Waals surface area contributed by atoms with Crippen molar-refractivity contribution in [2.45, 2.75) is 19.4 Å². The third-order valence-corrected chi connectivity index (χ3v) is 3.65. The van der Waals surface area contributed by atoms with Crippen LogP contribution in [-0.2, 0) is 11.2 Å². The zero-order chi connectivity index (χ0) is 16.9. The molecule has 1 atom stereocenters. The molecule has 1 unspecified atom stereocenters. The number of H-pyrrole nitrogens is 1. The Kier molecular flexibility index (Phi) is 4.77. The Bertz CT molecular complexity index is 824. The van der Waals surface area contributed by atoms with Crippen LogP contribution in [0.25, 0.3) is 10.9 Å². The number of aliphatic hydroxyl groups is 1. The molecule has 1 amide bonds. The van der Waals surface area contributed by atoms with Gasteiger partial charge in [0.05, 0.1) is 24.4 Å². The molecule has 24 heavy (non-hydrogen) atoms. The van der Waals surface area contributed by atoms with Gasteiger partial charge in [0, 0.05) is 23.6 Å². The average molecular weight is 324 g/mol. The number of carbonyl (C=O) groups excluding carboxylic acids is 1. The normalized spacial score (nSPS) is 12.1. The highest BCUT2D eigenvalue weighted by molar-refractivity contribution is 5.95. The second-order valence-electron chi connectivity index (χ2n) is 5.75. The van der Waals surface area contributed by atoms with Gasteiger partial charge in [-0.25, -0.2) is 4.98 Å². The van der Waals surface area contributed by atoms with Crippen molar-refractivity contribution in [1.82, 2.24) is 9.97 Å². The van der Waals surface area contributed by atoms with E-state index >= 15 is 0 Å². The number of nitrogens with one attached hydrogen (secondary N) is 3. The Morgan fingerprint density at radius 1 is 1.29 bits per heavy atom. The molecule has 0 spiro atoms. The third kappa shape index (κ3) is 3.91. The number of anilines is 2. The van der Waals surface area contributed by atoms with E-state index in [9.17, 15) is 9.90 Å². The number of hydrogen-bond donors (Lipinski definition) is 4. The standard InChI is InChI=1S/C18H20N4O2/c1-12(23)9-20-17-7-6-14(11-21-17)22-18(24)8-13-10-19-16-5-3-2-4-15(13)16/h2-7,10-12,19,23H,8-9H2,1H3,(H,20,21)(H,22,24). The van der Waals surface area contributed by atoms with Crippen LogP contribution in [0.3, 0.4) is 0 Å². The van der Waals surface area contributed by atoms with Crippen molar-refractivity contribution in [3.05, 3.63) is 54.4 Å². The van der Waals surface area contributed by atoms with Gasteiger partial charge in [0.15, 0.2) is 0 Å². The molecule has 0 aliphatic heterocycles. The molecule has 2 aromatic heterocycles. The fourth-order valence-electron chi connectivity index (χ4n) is 2.48. The van der Waals surface area contributed by atoms with Gasteiger partial charge in [0.25, 0.3) is 0 Å². The first-order valence-electron chi connectivity index (χ1n) is 7.84. The molecule has 1 aromatic carbocycles. The number of para-hydroxylation sites is 1. The van der Waals surface area contributed by atoms with Crippen LogP contribution >= 0.6 is 0 Å². The average Bonchev–Trinajstić information content (AvgIpc) is 2.97. The van der Waals surface area contributed by atoms with Crippen LogP contribution in [0.2, 0.25) is 0 Å². The van der Waals surface area contributed by atoms with Crippen molar-refractivity contribution < 1.29 is 9.90 Å². The van der Waals surface area contributed by atoms with E-state index in [4.69, 9.17) is 0 Å². The number of aromatic nitrogens is 2. The number of amides is 1. The van der Waals surface area contributed by atoms with E-state index in [0.29, 0.717) is 24.5 Å². The van der Waals surface area contributed by atoms with E-state index in [0.717, 1.165) is 16.5 Å². The molecule has 0 radical (unpaired) electrons. The Morgan fingerprint density at radius 3 is 2.88 bits per heavy atom. The summed E-state index contributed by atoms with van der Waals surface area (Å²) in [6, 6.07) is 11.5. The van der Waals surface area contributed by atoms with E-state index in [1.807, 2.05) is 30.5 Å². The first-order chi connectivity index (χ1) is 11.6. The summed E-state index contributed by atoms with van der Waals surface area (Å²) in [6.07, 6.45) is 3.32. The maximum Gasteiger partial charge on any atom is 0.228 e. The van der Waals surface area contributed by atoms with Gasteiger partial charge in [0.2, 0.25) is 5.91 Å². The predicted molar refractivity (Wildman–Crippen MR) is 95.0 cm³/mol. The summed E-state index contributed by atoms with van der Waals surface area (Å²) in [5.41, 5.74) is 2.63. The van der Waals surface area contributed by atoms with E-state index in [2.05, 4.69) is 20.6 Å².